The number of morpholine rings is 1. The second kappa shape index (κ2) is 10.3. The molecule has 0 spiro atoms. The molecule has 0 bridgehead atoms. The van der Waals surface area contributed by atoms with Crippen LogP contribution in [0.5, 0.6) is 0 Å². The molecule has 1 heterocycles. The molecule has 0 aliphatic carbocycles. The SMILES string of the molecule is CC(C)c1ccc(CCNC(=O)C[NH+](C)CC(=O)N2CCOCC2)cc1. The van der Waals surface area contributed by atoms with Gasteiger partial charge in [0.15, 0.2) is 13.1 Å². The lowest BCUT2D eigenvalue weighted by Crippen LogP contribution is -3.11. The van der Waals surface area contributed by atoms with Crippen molar-refractivity contribution in [1.29, 1.82) is 0 Å². The van der Waals surface area contributed by atoms with Crippen LogP contribution in [0.3, 0.4) is 0 Å². The third kappa shape index (κ3) is 6.77. The lowest BCUT2D eigenvalue weighted by Gasteiger charge is -2.27. The van der Waals surface area contributed by atoms with E-state index in [9.17, 15) is 9.59 Å². The molecule has 2 rings (SSSR count). The van der Waals surface area contributed by atoms with Crippen LogP contribution in [-0.2, 0) is 20.7 Å². The van der Waals surface area contributed by atoms with Crippen molar-refractivity contribution in [3.05, 3.63) is 35.4 Å². The summed E-state index contributed by atoms with van der Waals surface area (Å²) < 4.78 is 5.25. The van der Waals surface area contributed by atoms with Gasteiger partial charge in [0.05, 0.1) is 20.3 Å². The van der Waals surface area contributed by atoms with Crippen LogP contribution in [0.1, 0.15) is 30.9 Å². The van der Waals surface area contributed by atoms with Crippen molar-refractivity contribution in [1.82, 2.24) is 10.2 Å². The highest BCUT2D eigenvalue weighted by atomic mass is 16.5. The minimum Gasteiger partial charge on any atom is -0.378 e. The molecule has 0 saturated carbocycles. The fourth-order valence-corrected chi connectivity index (χ4v) is 3.00. The zero-order valence-corrected chi connectivity index (χ0v) is 16.2. The number of nitrogens with zero attached hydrogens (tertiary/aromatic N) is 1. The van der Waals surface area contributed by atoms with Crippen LogP contribution in [0.4, 0.5) is 0 Å². The Bertz CT molecular complexity index is 580. The molecule has 1 atom stereocenters. The van der Waals surface area contributed by atoms with Crippen molar-refractivity contribution in [2.24, 2.45) is 0 Å². The zero-order valence-electron chi connectivity index (χ0n) is 16.2. The number of carbonyl (C=O) groups is 2. The number of carbonyl (C=O) groups excluding carboxylic acids is 2. The van der Waals surface area contributed by atoms with E-state index in [0.717, 1.165) is 11.3 Å². The molecular formula is C20H32N3O3+. The first-order valence-electron chi connectivity index (χ1n) is 9.48. The van der Waals surface area contributed by atoms with E-state index in [0.29, 0.717) is 51.9 Å². The monoisotopic (exact) mass is 362 g/mol. The van der Waals surface area contributed by atoms with E-state index in [2.05, 4.69) is 43.4 Å². The highest BCUT2D eigenvalue weighted by Crippen LogP contribution is 2.14. The Hall–Kier alpha value is -1.92. The first kappa shape index (κ1) is 20.4. The summed E-state index contributed by atoms with van der Waals surface area (Å²) >= 11 is 0. The average Bonchev–Trinajstić information content (AvgIpc) is 2.62. The number of likely N-dealkylation sites (N-methyl/N-ethyl adjacent to an activating group) is 1. The Labute approximate surface area is 156 Å². The number of hydrogen-bond acceptors (Lipinski definition) is 3. The van der Waals surface area contributed by atoms with Gasteiger partial charge in [-0.2, -0.15) is 0 Å². The maximum atomic E-state index is 12.2. The summed E-state index contributed by atoms with van der Waals surface area (Å²) in [6, 6.07) is 8.55. The van der Waals surface area contributed by atoms with Gasteiger partial charge in [-0.25, -0.2) is 0 Å². The van der Waals surface area contributed by atoms with E-state index in [1.54, 1.807) is 0 Å². The zero-order chi connectivity index (χ0) is 18.9. The summed E-state index contributed by atoms with van der Waals surface area (Å²) in [5, 5.41) is 2.95. The van der Waals surface area contributed by atoms with Gasteiger partial charge < -0.3 is 19.9 Å². The molecule has 2 amide bonds. The molecule has 6 heteroatoms. The van der Waals surface area contributed by atoms with Crippen molar-refractivity contribution in [2.45, 2.75) is 26.2 Å². The second-order valence-electron chi connectivity index (χ2n) is 7.30. The molecule has 1 aliphatic heterocycles. The van der Waals surface area contributed by atoms with Gasteiger partial charge in [-0.3, -0.25) is 9.59 Å². The van der Waals surface area contributed by atoms with Crippen LogP contribution in [-0.4, -0.2) is 69.7 Å². The molecule has 0 radical (unpaired) electrons. The highest BCUT2D eigenvalue weighted by molar-refractivity contribution is 5.79. The van der Waals surface area contributed by atoms with Gasteiger partial charge in [0.2, 0.25) is 0 Å². The third-order valence-corrected chi connectivity index (χ3v) is 4.66. The third-order valence-electron chi connectivity index (χ3n) is 4.66. The Morgan fingerprint density at radius 1 is 1.15 bits per heavy atom. The Kier molecular flexibility index (Phi) is 8.06. The molecule has 1 unspecified atom stereocenters. The quantitative estimate of drug-likeness (QED) is 0.676. The van der Waals surface area contributed by atoms with Gasteiger partial charge in [-0.1, -0.05) is 38.1 Å². The smallest absolute Gasteiger partial charge is 0.277 e. The summed E-state index contributed by atoms with van der Waals surface area (Å²) in [7, 11) is 1.88. The van der Waals surface area contributed by atoms with Gasteiger partial charge in [0.25, 0.3) is 11.8 Å². The molecule has 26 heavy (non-hydrogen) atoms. The van der Waals surface area contributed by atoms with E-state index in [-0.39, 0.29) is 11.8 Å². The Morgan fingerprint density at radius 2 is 1.81 bits per heavy atom. The highest BCUT2D eigenvalue weighted by Gasteiger charge is 2.21. The van der Waals surface area contributed by atoms with Crippen molar-refractivity contribution in [3.63, 3.8) is 0 Å². The fraction of sp³-hybridized carbons (Fsp3) is 0.600. The van der Waals surface area contributed by atoms with Crippen molar-refractivity contribution < 1.29 is 19.2 Å². The lowest BCUT2D eigenvalue weighted by molar-refractivity contribution is -0.863. The maximum Gasteiger partial charge on any atom is 0.277 e. The number of nitrogens with one attached hydrogen (secondary N) is 2. The predicted molar refractivity (Wildman–Crippen MR) is 101 cm³/mol. The number of benzene rings is 1. The first-order valence-corrected chi connectivity index (χ1v) is 9.48. The summed E-state index contributed by atoms with van der Waals surface area (Å²) in [4.78, 5) is 27.0. The van der Waals surface area contributed by atoms with E-state index >= 15 is 0 Å². The molecule has 1 fully saturated rings. The fourth-order valence-electron chi connectivity index (χ4n) is 3.00. The Balaban J connectivity index is 1.65. The van der Waals surface area contributed by atoms with Gasteiger partial charge in [0.1, 0.15) is 0 Å². The van der Waals surface area contributed by atoms with E-state index in [4.69, 9.17) is 4.74 Å². The van der Waals surface area contributed by atoms with Gasteiger partial charge in [-0.05, 0) is 23.5 Å². The minimum atomic E-state index is -0.0175. The molecule has 1 saturated heterocycles. The molecule has 6 nitrogen and oxygen atoms in total. The van der Waals surface area contributed by atoms with Crippen molar-refractivity contribution in [2.75, 3.05) is 53.0 Å². The molecule has 1 aromatic carbocycles. The standard InChI is InChI=1S/C20H31N3O3/c1-16(2)18-6-4-17(5-7-18)8-9-21-19(24)14-22(3)15-20(25)23-10-12-26-13-11-23/h4-7,16H,8-15H2,1-3H3,(H,21,24)/p+1. The minimum absolute atomic E-state index is 0.0175. The van der Waals surface area contributed by atoms with E-state index in [1.807, 2.05) is 11.9 Å². The average molecular weight is 362 g/mol. The first-order chi connectivity index (χ1) is 12.5. The summed E-state index contributed by atoms with van der Waals surface area (Å²) in [6.07, 6.45) is 0.815. The van der Waals surface area contributed by atoms with E-state index < -0.39 is 0 Å². The van der Waals surface area contributed by atoms with Crippen LogP contribution >= 0.6 is 0 Å². The number of quaternary nitrogens is 1. The molecule has 1 aromatic rings. The topological polar surface area (TPSA) is 63.1 Å². The molecule has 1 aliphatic rings. The van der Waals surface area contributed by atoms with Gasteiger partial charge in [-0.15, -0.1) is 0 Å². The summed E-state index contributed by atoms with van der Waals surface area (Å²) in [6.45, 7) is 8.11. The molecule has 2 N–H and O–H groups in total. The number of ether oxygens (including phenoxy) is 1. The molecule has 0 aromatic heterocycles. The summed E-state index contributed by atoms with van der Waals surface area (Å²) in [5.41, 5.74) is 2.55. The van der Waals surface area contributed by atoms with Gasteiger partial charge in [0, 0.05) is 19.6 Å². The number of hydrogen-bond donors (Lipinski definition) is 2. The van der Waals surface area contributed by atoms with E-state index in [1.165, 1.54) is 11.1 Å². The number of rotatable bonds is 8. The predicted octanol–water partition coefficient (Wildman–Crippen LogP) is -0.158. The van der Waals surface area contributed by atoms with Crippen LogP contribution in [0, 0.1) is 0 Å². The van der Waals surface area contributed by atoms with Crippen LogP contribution in [0.2, 0.25) is 0 Å². The molecule has 144 valence electrons. The van der Waals surface area contributed by atoms with Crippen LogP contribution in [0.25, 0.3) is 0 Å². The van der Waals surface area contributed by atoms with Crippen molar-refractivity contribution >= 4 is 11.8 Å². The maximum absolute atomic E-state index is 12.2. The normalized spacial score (nSPS) is 15.8. The van der Waals surface area contributed by atoms with Crippen molar-refractivity contribution in [3.8, 4) is 0 Å². The van der Waals surface area contributed by atoms with Crippen LogP contribution < -0.4 is 10.2 Å². The van der Waals surface area contributed by atoms with Crippen LogP contribution in [0.15, 0.2) is 24.3 Å². The van der Waals surface area contributed by atoms with Gasteiger partial charge >= 0.3 is 0 Å². The Morgan fingerprint density at radius 3 is 2.42 bits per heavy atom. The largest absolute Gasteiger partial charge is 0.378 e. The lowest BCUT2D eigenvalue weighted by atomic mass is 10.0. The second-order valence-corrected chi connectivity index (χ2v) is 7.30. The summed E-state index contributed by atoms with van der Waals surface area (Å²) in [5.74, 6) is 0.599. The number of amides is 2. The molecular weight excluding hydrogens is 330 g/mol.